The van der Waals surface area contributed by atoms with Gasteiger partial charge in [0.05, 0.1) is 12.7 Å². The lowest BCUT2D eigenvalue weighted by Gasteiger charge is -2.19. The maximum atomic E-state index is 12.0. The second-order valence-corrected chi connectivity index (χ2v) is 7.53. The Bertz CT molecular complexity index is 792. The Morgan fingerprint density at radius 3 is 2.60 bits per heavy atom. The molecule has 1 aliphatic carbocycles. The minimum atomic E-state index is -0.523. The average molecular weight is 341 g/mol. The van der Waals surface area contributed by atoms with Gasteiger partial charge in [-0.15, -0.1) is 0 Å². The molecule has 0 spiro atoms. The third-order valence-electron chi connectivity index (χ3n) is 4.82. The van der Waals surface area contributed by atoms with Crippen molar-refractivity contribution in [3.05, 3.63) is 51.9 Å². The highest BCUT2D eigenvalue weighted by atomic mass is 16.5. The molecule has 0 bridgehead atoms. The van der Waals surface area contributed by atoms with E-state index >= 15 is 0 Å². The summed E-state index contributed by atoms with van der Waals surface area (Å²) in [6, 6.07) is 7.77. The van der Waals surface area contributed by atoms with Crippen LogP contribution in [-0.2, 0) is 7.05 Å². The normalized spacial score (nSPS) is 15.4. The van der Waals surface area contributed by atoms with E-state index in [1.54, 1.807) is 11.6 Å². The Morgan fingerprint density at radius 2 is 2.00 bits per heavy atom. The molecule has 4 heteroatoms. The zero-order valence-corrected chi connectivity index (χ0v) is 15.5. The smallest absolute Gasteiger partial charge is 0.253 e. The molecule has 0 saturated heterocycles. The second-order valence-electron chi connectivity index (χ2n) is 7.53. The van der Waals surface area contributed by atoms with Crippen LogP contribution in [-0.4, -0.2) is 16.3 Å². The molecule has 1 unspecified atom stereocenters. The predicted octanol–water partition coefficient (Wildman–Crippen LogP) is 3.84. The molecule has 4 nitrogen and oxygen atoms in total. The van der Waals surface area contributed by atoms with Crippen LogP contribution in [0.25, 0.3) is 11.1 Å². The van der Waals surface area contributed by atoms with Gasteiger partial charge in [-0.2, -0.15) is 0 Å². The minimum Gasteiger partial charge on any atom is -0.493 e. The van der Waals surface area contributed by atoms with Crippen LogP contribution in [0.2, 0.25) is 0 Å². The third kappa shape index (κ3) is 3.96. The zero-order valence-electron chi connectivity index (χ0n) is 15.5. The Morgan fingerprint density at radius 1 is 1.28 bits per heavy atom. The monoisotopic (exact) mass is 341 g/mol. The van der Waals surface area contributed by atoms with Gasteiger partial charge in [0, 0.05) is 29.9 Å². The Hall–Kier alpha value is -2.07. The number of pyridine rings is 1. The van der Waals surface area contributed by atoms with E-state index < -0.39 is 6.10 Å². The topological polar surface area (TPSA) is 51.5 Å². The molecule has 1 aromatic carbocycles. The molecule has 1 N–H and O–H groups in total. The van der Waals surface area contributed by atoms with E-state index in [1.165, 1.54) is 12.8 Å². The fourth-order valence-electron chi connectivity index (χ4n) is 2.99. The van der Waals surface area contributed by atoms with Crippen LogP contribution in [0.3, 0.4) is 0 Å². The maximum Gasteiger partial charge on any atom is 0.253 e. The first-order chi connectivity index (χ1) is 11.9. The molecule has 1 aromatic heterocycles. The number of aromatic nitrogens is 1. The average Bonchev–Trinajstić information content (AvgIpc) is 3.41. The number of hydrogen-bond acceptors (Lipinski definition) is 3. The number of aryl methyl sites for hydroxylation is 2. The number of nitrogens with zero attached hydrogens (tertiary/aromatic N) is 1. The standard InChI is InChI=1S/C21H27NO3/c1-13(2)20(23)16-7-8-19(25-12-15-5-6-15)18(10-16)17-9-14(3)21(24)22(4)11-17/h7-11,13,15,20,23H,5-6,12H2,1-4H3. The van der Waals surface area contributed by atoms with E-state index in [4.69, 9.17) is 4.74 Å². The van der Waals surface area contributed by atoms with Crippen molar-refractivity contribution in [3.63, 3.8) is 0 Å². The van der Waals surface area contributed by atoms with Crippen molar-refractivity contribution in [1.82, 2.24) is 4.57 Å². The lowest BCUT2D eigenvalue weighted by molar-refractivity contribution is 0.127. The summed E-state index contributed by atoms with van der Waals surface area (Å²) >= 11 is 0. The van der Waals surface area contributed by atoms with Crippen LogP contribution in [0.4, 0.5) is 0 Å². The van der Waals surface area contributed by atoms with Gasteiger partial charge in [0.25, 0.3) is 5.56 Å². The van der Waals surface area contributed by atoms with Gasteiger partial charge >= 0.3 is 0 Å². The molecule has 1 saturated carbocycles. The molecule has 3 rings (SSSR count). The van der Waals surface area contributed by atoms with Gasteiger partial charge in [-0.1, -0.05) is 19.9 Å². The summed E-state index contributed by atoms with van der Waals surface area (Å²) in [4.78, 5) is 12.0. The number of ether oxygens (including phenoxy) is 1. The number of aliphatic hydroxyl groups is 1. The van der Waals surface area contributed by atoms with Crippen LogP contribution in [0.15, 0.2) is 35.3 Å². The molecular formula is C21H27NO3. The van der Waals surface area contributed by atoms with E-state index in [-0.39, 0.29) is 11.5 Å². The first-order valence-electron chi connectivity index (χ1n) is 8.99. The van der Waals surface area contributed by atoms with Gasteiger partial charge in [-0.3, -0.25) is 4.79 Å². The molecule has 0 aliphatic heterocycles. The summed E-state index contributed by atoms with van der Waals surface area (Å²) in [6.07, 6.45) is 3.78. The number of hydrogen-bond donors (Lipinski definition) is 1. The van der Waals surface area contributed by atoms with Crippen molar-refractivity contribution >= 4 is 0 Å². The fraction of sp³-hybridized carbons (Fsp3) is 0.476. The van der Waals surface area contributed by atoms with Crippen molar-refractivity contribution in [2.45, 2.75) is 39.7 Å². The van der Waals surface area contributed by atoms with Crippen LogP contribution < -0.4 is 10.3 Å². The Labute approximate surface area is 149 Å². The number of rotatable bonds is 6. The number of aliphatic hydroxyl groups excluding tert-OH is 1. The zero-order chi connectivity index (χ0) is 18.1. The largest absolute Gasteiger partial charge is 0.493 e. The van der Waals surface area contributed by atoms with E-state index in [2.05, 4.69) is 0 Å². The molecular weight excluding hydrogens is 314 g/mol. The highest BCUT2D eigenvalue weighted by Crippen LogP contribution is 2.36. The van der Waals surface area contributed by atoms with Crippen molar-refractivity contribution in [2.75, 3.05) is 6.61 Å². The van der Waals surface area contributed by atoms with E-state index in [0.29, 0.717) is 11.5 Å². The summed E-state index contributed by atoms with van der Waals surface area (Å²) < 4.78 is 7.65. The summed E-state index contributed by atoms with van der Waals surface area (Å²) in [5.41, 5.74) is 3.43. The van der Waals surface area contributed by atoms with Crippen molar-refractivity contribution in [3.8, 4) is 16.9 Å². The quantitative estimate of drug-likeness (QED) is 0.868. The summed E-state index contributed by atoms with van der Waals surface area (Å²) in [7, 11) is 1.76. The van der Waals surface area contributed by atoms with Crippen molar-refractivity contribution in [1.29, 1.82) is 0 Å². The van der Waals surface area contributed by atoms with E-state index in [0.717, 1.165) is 29.0 Å². The third-order valence-corrected chi connectivity index (χ3v) is 4.82. The molecule has 0 amide bonds. The first kappa shape index (κ1) is 17.7. The summed E-state index contributed by atoms with van der Waals surface area (Å²) in [5, 5.41) is 10.4. The predicted molar refractivity (Wildman–Crippen MR) is 99.9 cm³/mol. The van der Waals surface area contributed by atoms with Gasteiger partial charge in [0.1, 0.15) is 5.75 Å². The number of benzene rings is 1. The van der Waals surface area contributed by atoms with Gasteiger partial charge < -0.3 is 14.4 Å². The molecule has 1 fully saturated rings. The molecule has 1 aliphatic rings. The highest BCUT2D eigenvalue weighted by molar-refractivity contribution is 5.71. The van der Waals surface area contributed by atoms with Crippen LogP contribution in [0.1, 0.15) is 43.9 Å². The van der Waals surface area contributed by atoms with E-state index in [9.17, 15) is 9.90 Å². The van der Waals surface area contributed by atoms with Crippen molar-refractivity contribution < 1.29 is 9.84 Å². The van der Waals surface area contributed by atoms with Crippen LogP contribution in [0.5, 0.6) is 5.75 Å². The summed E-state index contributed by atoms with van der Waals surface area (Å²) in [6.45, 7) is 6.55. The van der Waals surface area contributed by atoms with Gasteiger partial charge in [0.15, 0.2) is 0 Å². The van der Waals surface area contributed by atoms with Crippen molar-refractivity contribution in [2.24, 2.45) is 18.9 Å². The lowest BCUT2D eigenvalue weighted by atomic mass is 9.95. The van der Waals surface area contributed by atoms with Crippen LogP contribution >= 0.6 is 0 Å². The SMILES string of the molecule is Cc1cc(-c2cc(C(O)C(C)C)ccc2OCC2CC2)cn(C)c1=O. The molecule has 2 aromatic rings. The fourth-order valence-corrected chi connectivity index (χ4v) is 2.99. The van der Waals surface area contributed by atoms with Crippen LogP contribution in [0, 0.1) is 18.8 Å². The van der Waals surface area contributed by atoms with E-state index in [1.807, 2.05) is 51.2 Å². The first-order valence-corrected chi connectivity index (χ1v) is 8.99. The minimum absolute atomic E-state index is 0.00238. The highest BCUT2D eigenvalue weighted by Gasteiger charge is 2.23. The molecule has 1 atom stereocenters. The molecule has 1 heterocycles. The van der Waals surface area contributed by atoms with Gasteiger partial charge in [-0.25, -0.2) is 0 Å². The Balaban J connectivity index is 2.05. The lowest BCUT2D eigenvalue weighted by Crippen LogP contribution is -2.18. The molecule has 0 radical (unpaired) electrons. The maximum absolute atomic E-state index is 12.0. The summed E-state index contributed by atoms with van der Waals surface area (Å²) in [5.74, 6) is 1.60. The Kier molecular flexibility index (Phi) is 5.00. The van der Waals surface area contributed by atoms with Gasteiger partial charge in [0.2, 0.25) is 0 Å². The van der Waals surface area contributed by atoms with Gasteiger partial charge in [-0.05, 0) is 55.4 Å². The second kappa shape index (κ2) is 7.04. The molecule has 25 heavy (non-hydrogen) atoms. The molecule has 134 valence electrons.